The fourth-order valence-corrected chi connectivity index (χ4v) is 4.04. The van der Waals surface area contributed by atoms with Crippen LogP contribution in [0.1, 0.15) is 16.1 Å². The first-order chi connectivity index (χ1) is 16.6. The van der Waals surface area contributed by atoms with Crippen molar-refractivity contribution in [1.82, 2.24) is 19.9 Å². The molecule has 1 aliphatic rings. The number of benzene rings is 2. The van der Waals surface area contributed by atoms with Crippen molar-refractivity contribution in [3.63, 3.8) is 0 Å². The zero-order valence-corrected chi connectivity index (χ0v) is 18.4. The monoisotopic (exact) mass is 458 g/mol. The molecular weight excluding hydrogens is 435 g/mol. The third-order valence-corrected chi connectivity index (χ3v) is 5.89. The number of piperazine rings is 1. The molecule has 2 aromatic carbocycles. The van der Waals surface area contributed by atoms with E-state index in [2.05, 4.69) is 25.2 Å². The van der Waals surface area contributed by atoms with E-state index in [1.165, 1.54) is 12.1 Å². The predicted molar refractivity (Wildman–Crippen MR) is 127 cm³/mol. The molecule has 0 spiro atoms. The molecular formula is C25H23FN6O2. The lowest BCUT2D eigenvalue weighted by Gasteiger charge is -2.34. The summed E-state index contributed by atoms with van der Waals surface area (Å²) < 4.78 is 13.9. The highest BCUT2D eigenvalue weighted by Crippen LogP contribution is 2.20. The van der Waals surface area contributed by atoms with E-state index in [9.17, 15) is 14.0 Å². The summed E-state index contributed by atoms with van der Waals surface area (Å²) in [7, 11) is 0. The van der Waals surface area contributed by atoms with Gasteiger partial charge < -0.3 is 20.1 Å². The molecule has 0 bridgehead atoms. The Morgan fingerprint density at radius 3 is 2.41 bits per heavy atom. The van der Waals surface area contributed by atoms with E-state index in [0.717, 1.165) is 5.56 Å². The van der Waals surface area contributed by atoms with Crippen LogP contribution in [0.2, 0.25) is 0 Å². The second kappa shape index (κ2) is 9.30. The molecule has 3 heterocycles. The Hall–Kier alpha value is -4.27. The SMILES string of the molecule is O=C(Nc1ccc(CC(=O)N2CCN(c3ncccn3)CC2)cc1)c1cc2c(F)cccc2[nH]1. The molecule has 2 aromatic heterocycles. The van der Waals surface area contributed by atoms with Crippen LogP contribution in [0, 0.1) is 5.82 Å². The molecule has 1 aliphatic heterocycles. The minimum absolute atomic E-state index is 0.0607. The maximum absolute atomic E-state index is 13.9. The minimum atomic E-state index is -0.378. The summed E-state index contributed by atoms with van der Waals surface area (Å²) in [5.74, 6) is 0.00617. The highest BCUT2D eigenvalue weighted by atomic mass is 19.1. The zero-order chi connectivity index (χ0) is 23.5. The summed E-state index contributed by atoms with van der Waals surface area (Å²) in [5, 5.41) is 3.17. The van der Waals surface area contributed by atoms with Crippen molar-refractivity contribution in [2.24, 2.45) is 0 Å². The Balaban J connectivity index is 1.15. The van der Waals surface area contributed by atoms with E-state index >= 15 is 0 Å². The minimum Gasteiger partial charge on any atom is -0.350 e. The number of aromatic amines is 1. The number of anilines is 2. The lowest BCUT2D eigenvalue weighted by atomic mass is 10.1. The number of carbonyl (C=O) groups excluding carboxylic acids is 2. The Morgan fingerprint density at radius 1 is 0.971 bits per heavy atom. The molecule has 0 aliphatic carbocycles. The summed E-state index contributed by atoms with van der Waals surface area (Å²) in [6, 6.07) is 15.1. The standard InChI is InChI=1S/C25H23FN6O2/c26-20-3-1-4-21-19(20)16-22(30-21)24(34)29-18-7-5-17(6-8-18)15-23(33)31-11-13-32(14-12-31)25-27-9-2-10-28-25/h1-10,16,30H,11-15H2,(H,29,34). The van der Waals surface area contributed by atoms with Gasteiger partial charge in [0.1, 0.15) is 11.5 Å². The predicted octanol–water partition coefficient (Wildman–Crippen LogP) is 3.24. The molecule has 9 heteroatoms. The summed E-state index contributed by atoms with van der Waals surface area (Å²) in [6.45, 7) is 2.63. The van der Waals surface area contributed by atoms with Crippen molar-refractivity contribution < 1.29 is 14.0 Å². The van der Waals surface area contributed by atoms with Crippen molar-refractivity contribution in [1.29, 1.82) is 0 Å². The lowest BCUT2D eigenvalue weighted by molar-refractivity contribution is -0.130. The zero-order valence-electron chi connectivity index (χ0n) is 18.4. The van der Waals surface area contributed by atoms with Crippen LogP contribution < -0.4 is 10.2 Å². The second-order valence-corrected chi connectivity index (χ2v) is 8.13. The third-order valence-electron chi connectivity index (χ3n) is 5.89. The van der Waals surface area contributed by atoms with Gasteiger partial charge in [0.25, 0.3) is 5.91 Å². The maximum atomic E-state index is 13.9. The summed E-state index contributed by atoms with van der Waals surface area (Å²) >= 11 is 0. The first-order valence-corrected chi connectivity index (χ1v) is 11.0. The van der Waals surface area contributed by atoms with Crippen molar-refractivity contribution >= 4 is 34.4 Å². The Morgan fingerprint density at radius 2 is 1.71 bits per heavy atom. The van der Waals surface area contributed by atoms with Crippen molar-refractivity contribution in [3.8, 4) is 0 Å². The van der Waals surface area contributed by atoms with Gasteiger partial charge in [-0.2, -0.15) is 0 Å². The molecule has 2 N–H and O–H groups in total. The smallest absolute Gasteiger partial charge is 0.272 e. The number of amides is 2. The largest absolute Gasteiger partial charge is 0.350 e. The quantitative estimate of drug-likeness (QED) is 0.479. The molecule has 0 unspecified atom stereocenters. The van der Waals surface area contributed by atoms with Gasteiger partial charge in [-0.3, -0.25) is 9.59 Å². The molecule has 5 rings (SSSR count). The van der Waals surface area contributed by atoms with Gasteiger partial charge in [0.15, 0.2) is 0 Å². The number of fused-ring (bicyclic) bond motifs is 1. The number of halogens is 1. The van der Waals surface area contributed by atoms with Gasteiger partial charge >= 0.3 is 0 Å². The summed E-state index contributed by atoms with van der Waals surface area (Å²) in [6.07, 6.45) is 3.72. The van der Waals surface area contributed by atoms with Crippen LogP contribution in [0.5, 0.6) is 0 Å². The molecule has 34 heavy (non-hydrogen) atoms. The van der Waals surface area contributed by atoms with Gasteiger partial charge in [-0.1, -0.05) is 18.2 Å². The van der Waals surface area contributed by atoms with Gasteiger partial charge in [0.2, 0.25) is 11.9 Å². The highest BCUT2D eigenvalue weighted by Gasteiger charge is 2.22. The molecule has 1 saturated heterocycles. The summed E-state index contributed by atoms with van der Waals surface area (Å²) in [5.41, 5.74) is 2.30. The second-order valence-electron chi connectivity index (χ2n) is 8.13. The number of hydrogen-bond acceptors (Lipinski definition) is 5. The van der Waals surface area contributed by atoms with Crippen LogP contribution in [0.15, 0.2) is 67.0 Å². The number of nitrogens with zero attached hydrogens (tertiary/aromatic N) is 4. The fraction of sp³-hybridized carbons (Fsp3) is 0.200. The fourth-order valence-electron chi connectivity index (χ4n) is 4.04. The molecule has 0 radical (unpaired) electrons. The van der Waals surface area contributed by atoms with Crippen molar-refractivity contribution in [2.45, 2.75) is 6.42 Å². The molecule has 0 atom stereocenters. The molecule has 8 nitrogen and oxygen atoms in total. The van der Waals surface area contributed by atoms with Crippen LogP contribution in [-0.4, -0.2) is 57.8 Å². The average molecular weight is 458 g/mol. The third kappa shape index (κ3) is 4.59. The number of carbonyl (C=O) groups is 2. The molecule has 0 saturated carbocycles. The van der Waals surface area contributed by atoms with Gasteiger partial charge in [-0.25, -0.2) is 14.4 Å². The molecule has 1 fully saturated rings. The van der Waals surface area contributed by atoms with Gasteiger partial charge in [0.05, 0.1) is 6.42 Å². The van der Waals surface area contributed by atoms with Gasteiger partial charge in [0, 0.05) is 55.2 Å². The highest BCUT2D eigenvalue weighted by molar-refractivity contribution is 6.06. The first-order valence-electron chi connectivity index (χ1n) is 11.0. The average Bonchev–Trinajstić information content (AvgIpc) is 3.32. The molecule has 2 amide bonds. The number of nitrogens with one attached hydrogen (secondary N) is 2. The van der Waals surface area contributed by atoms with Crippen LogP contribution in [0.3, 0.4) is 0 Å². The van der Waals surface area contributed by atoms with Crippen LogP contribution in [0.25, 0.3) is 10.9 Å². The lowest BCUT2D eigenvalue weighted by Crippen LogP contribution is -2.49. The van der Waals surface area contributed by atoms with Gasteiger partial charge in [-0.05, 0) is 42.0 Å². The molecule has 4 aromatic rings. The van der Waals surface area contributed by atoms with Crippen molar-refractivity contribution in [2.75, 3.05) is 36.4 Å². The Kier molecular flexibility index (Phi) is 5.90. The van der Waals surface area contributed by atoms with Crippen LogP contribution in [0.4, 0.5) is 16.0 Å². The van der Waals surface area contributed by atoms with E-state index in [-0.39, 0.29) is 29.7 Å². The first kappa shape index (κ1) is 21.6. The van der Waals surface area contributed by atoms with E-state index in [4.69, 9.17) is 0 Å². The topological polar surface area (TPSA) is 94.2 Å². The number of aromatic nitrogens is 3. The van der Waals surface area contributed by atoms with Crippen molar-refractivity contribution in [3.05, 3.63) is 84.1 Å². The van der Waals surface area contributed by atoms with E-state index in [0.29, 0.717) is 48.7 Å². The van der Waals surface area contributed by atoms with Gasteiger partial charge in [-0.15, -0.1) is 0 Å². The number of hydrogen-bond donors (Lipinski definition) is 2. The normalized spacial score (nSPS) is 13.8. The van der Waals surface area contributed by atoms with E-state index in [1.807, 2.05) is 17.0 Å². The number of rotatable bonds is 5. The maximum Gasteiger partial charge on any atom is 0.272 e. The Labute approximate surface area is 195 Å². The van der Waals surface area contributed by atoms with E-state index in [1.54, 1.807) is 42.7 Å². The summed E-state index contributed by atoms with van der Waals surface area (Å²) in [4.78, 5) is 40.7. The molecule has 172 valence electrons. The van der Waals surface area contributed by atoms with Crippen LogP contribution in [-0.2, 0) is 11.2 Å². The number of H-pyrrole nitrogens is 1. The Bertz CT molecular complexity index is 1310. The van der Waals surface area contributed by atoms with Crippen LogP contribution >= 0.6 is 0 Å². The van der Waals surface area contributed by atoms with E-state index < -0.39 is 0 Å².